The van der Waals surface area contributed by atoms with E-state index in [0.717, 1.165) is 11.8 Å². The van der Waals surface area contributed by atoms with Gasteiger partial charge < -0.3 is 24.1 Å². The van der Waals surface area contributed by atoms with Crippen molar-refractivity contribution in [1.82, 2.24) is 0 Å². The Hall–Kier alpha value is -3.10. The van der Waals surface area contributed by atoms with Crippen molar-refractivity contribution in [3.8, 4) is 17.2 Å². The fourth-order valence-corrected chi connectivity index (χ4v) is 4.22. The lowest BCUT2D eigenvalue weighted by Crippen LogP contribution is -2.12. The van der Waals surface area contributed by atoms with Gasteiger partial charge in [0.05, 0.1) is 43.6 Å². The molecule has 0 atom stereocenters. The van der Waals surface area contributed by atoms with Crippen molar-refractivity contribution in [2.45, 2.75) is 6.92 Å². The fraction of sp³-hybridized carbons (Fsp3) is 0.217. The van der Waals surface area contributed by atoms with E-state index in [1.165, 1.54) is 21.3 Å². The summed E-state index contributed by atoms with van der Waals surface area (Å²) in [6.07, 6.45) is 1.68. The molecule has 7 nitrogen and oxygen atoms in total. The summed E-state index contributed by atoms with van der Waals surface area (Å²) in [5.41, 5.74) is 1.06. The molecule has 2 aromatic rings. The lowest BCUT2D eigenvalue weighted by molar-refractivity contribution is -0.138. The molecule has 0 bridgehead atoms. The Balaban J connectivity index is 2.13. The lowest BCUT2D eigenvalue weighted by atomic mass is 10.1. The number of thioether (sulfide) groups is 1. The zero-order valence-electron chi connectivity index (χ0n) is 18.0. The molecule has 3 rings (SSSR count). The van der Waals surface area contributed by atoms with E-state index in [1.54, 1.807) is 49.4 Å². The number of methoxy groups -OCH3 is 3. The molecule has 0 aliphatic carbocycles. The Morgan fingerprint density at radius 2 is 1.81 bits per heavy atom. The summed E-state index contributed by atoms with van der Waals surface area (Å²) in [5.74, 6) is 0.411. The Morgan fingerprint density at radius 3 is 2.44 bits per heavy atom. The van der Waals surface area contributed by atoms with Gasteiger partial charge >= 0.3 is 5.97 Å². The van der Waals surface area contributed by atoms with E-state index in [2.05, 4.69) is 4.99 Å². The van der Waals surface area contributed by atoms with Gasteiger partial charge in [-0.15, -0.1) is 0 Å². The quantitative estimate of drug-likeness (QED) is 0.524. The summed E-state index contributed by atoms with van der Waals surface area (Å²) in [7, 11) is 4.54. The number of hydrogen-bond donors (Lipinski definition) is 1. The number of benzene rings is 2. The first-order valence-corrected chi connectivity index (χ1v) is 10.8. The molecule has 0 radical (unpaired) electrons. The van der Waals surface area contributed by atoms with Gasteiger partial charge in [-0.2, -0.15) is 0 Å². The third-order valence-electron chi connectivity index (χ3n) is 4.47. The predicted molar refractivity (Wildman–Crippen MR) is 127 cm³/mol. The van der Waals surface area contributed by atoms with Crippen LogP contribution in [-0.4, -0.2) is 44.1 Å². The van der Waals surface area contributed by atoms with Crippen LogP contribution < -0.4 is 14.2 Å². The first-order chi connectivity index (χ1) is 15.4. The molecule has 32 heavy (non-hydrogen) atoms. The van der Waals surface area contributed by atoms with Gasteiger partial charge in [0.15, 0.2) is 11.5 Å². The highest BCUT2D eigenvalue weighted by molar-refractivity contribution is 8.18. The summed E-state index contributed by atoms with van der Waals surface area (Å²) in [6, 6.07) is 10.5. The summed E-state index contributed by atoms with van der Waals surface area (Å²) in [6.45, 7) is 1.84. The van der Waals surface area contributed by atoms with Crippen LogP contribution in [0.25, 0.3) is 6.08 Å². The van der Waals surface area contributed by atoms with Crippen LogP contribution in [-0.2, 0) is 9.53 Å². The topological polar surface area (TPSA) is 86.6 Å². The molecular formula is C23H22ClNO6S. The highest BCUT2D eigenvalue weighted by Crippen LogP contribution is 2.45. The number of para-hydroxylation sites is 1. The van der Waals surface area contributed by atoms with Crippen LogP contribution >= 0.6 is 23.4 Å². The maximum absolute atomic E-state index is 12.6. The first-order valence-electron chi connectivity index (χ1n) is 9.57. The maximum Gasteiger partial charge on any atom is 0.344 e. The summed E-state index contributed by atoms with van der Waals surface area (Å²) in [4.78, 5) is 17.5. The van der Waals surface area contributed by atoms with Crippen LogP contribution in [0.1, 0.15) is 12.5 Å². The van der Waals surface area contributed by atoms with Crippen molar-refractivity contribution in [2.75, 3.05) is 27.9 Å². The molecular weight excluding hydrogens is 454 g/mol. The second-order valence-electron chi connectivity index (χ2n) is 6.35. The number of halogens is 1. The van der Waals surface area contributed by atoms with Crippen LogP contribution in [0.15, 0.2) is 57.6 Å². The first kappa shape index (κ1) is 23.6. The summed E-state index contributed by atoms with van der Waals surface area (Å²) in [5, 5.41) is 11.6. The molecule has 2 aromatic carbocycles. The molecule has 1 aliphatic heterocycles. The highest BCUT2D eigenvalue weighted by atomic mass is 35.5. The van der Waals surface area contributed by atoms with Gasteiger partial charge in [-0.05, 0) is 37.3 Å². The van der Waals surface area contributed by atoms with E-state index in [9.17, 15) is 9.90 Å². The minimum absolute atomic E-state index is 0.0255. The number of esters is 1. The summed E-state index contributed by atoms with van der Waals surface area (Å²) < 4.78 is 21.4. The van der Waals surface area contributed by atoms with Crippen molar-refractivity contribution in [1.29, 1.82) is 0 Å². The molecule has 168 valence electrons. The van der Waals surface area contributed by atoms with E-state index in [0.29, 0.717) is 38.4 Å². The fourth-order valence-electron chi connectivity index (χ4n) is 3.02. The lowest BCUT2D eigenvalue weighted by Gasteiger charge is -2.14. The Kier molecular flexibility index (Phi) is 7.71. The van der Waals surface area contributed by atoms with Crippen LogP contribution in [0.3, 0.4) is 0 Å². The summed E-state index contributed by atoms with van der Waals surface area (Å²) >= 11 is 7.35. The van der Waals surface area contributed by atoms with Crippen molar-refractivity contribution in [3.05, 3.63) is 63.2 Å². The monoisotopic (exact) mass is 475 g/mol. The normalized spacial score (nSPS) is 15.9. The van der Waals surface area contributed by atoms with Gasteiger partial charge in [0, 0.05) is 5.56 Å². The highest BCUT2D eigenvalue weighted by Gasteiger charge is 2.33. The van der Waals surface area contributed by atoms with E-state index in [-0.39, 0.29) is 23.0 Å². The molecule has 0 unspecified atom stereocenters. The molecule has 0 saturated heterocycles. The second-order valence-corrected chi connectivity index (χ2v) is 7.78. The number of hydrogen-bond acceptors (Lipinski definition) is 8. The Labute approximate surface area is 195 Å². The smallest absolute Gasteiger partial charge is 0.344 e. The molecule has 0 fully saturated rings. The number of aliphatic imine (C=N–C) groups is 1. The Bertz CT molecular complexity index is 1130. The van der Waals surface area contributed by atoms with Crippen LogP contribution in [0.5, 0.6) is 17.2 Å². The third-order valence-corrected chi connectivity index (χ3v) is 5.81. The van der Waals surface area contributed by atoms with E-state index in [4.69, 9.17) is 30.5 Å². The number of ether oxygens (including phenoxy) is 4. The minimum atomic E-state index is -0.675. The average Bonchev–Trinajstić information content (AvgIpc) is 3.09. The predicted octanol–water partition coefficient (Wildman–Crippen LogP) is 5.56. The van der Waals surface area contributed by atoms with Gasteiger partial charge in [0.1, 0.15) is 16.4 Å². The van der Waals surface area contributed by atoms with Crippen molar-refractivity contribution >= 4 is 46.1 Å². The second kappa shape index (κ2) is 10.5. The zero-order valence-corrected chi connectivity index (χ0v) is 19.5. The zero-order chi connectivity index (χ0) is 23.3. The van der Waals surface area contributed by atoms with Crippen molar-refractivity contribution in [2.24, 2.45) is 4.99 Å². The SMILES string of the molecule is CCOC(=O)C1=C(O)/C(=C\c2ccc(OC)c(OC)c2OC)SC1=Nc1ccccc1Cl. The Morgan fingerprint density at radius 1 is 1.09 bits per heavy atom. The molecule has 0 aromatic heterocycles. The van der Waals surface area contributed by atoms with Gasteiger partial charge in [-0.3, -0.25) is 0 Å². The molecule has 1 aliphatic rings. The number of aliphatic hydroxyl groups is 1. The van der Waals surface area contributed by atoms with Gasteiger partial charge in [0.25, 0.3) is 0 Å². The molecule has 0 amide bonds. The van der Waals surface area contributed by atoms with Gasteiger partial charge in [-0.1, -0.05) is 35.5 Å². The molecule has 1 heterocycles. The third kappa shape index (κ3) is 4.71. The standard InChI is InChI=1S/C23H22ClNO6S/c1-5-31-23(27)18-19(26)17(32-22(18)25-15-9-7-6-8-14(15)24)12-13-10-11-16(28-2)21(30-4)20(13)29-3/h6-12,26H,5H2,1-4H3/b17-12+,25-22?. The minimum Gasteiger partial charge on any atom is -0.506 e. The average molecular weight is 476 g/mol. The van der Waals surface area contributed by atoms with E-state index < -0.39 is 5.97 Å². The number of aliphatic hydroxyl groups excluding tert-OH is 1. The molecule has 9 heteroatoms. The van der Waals surface area contributed by atoms with Gasteiger partial charge in [0.2, 0.25) is 5.75 Å². The number of carbonyl (C=O) groups excluding carboxylic acids is 1. The maximum atomic E-state index is 12.6. The number of nitrogens with zero attached hydrogens (tertiary/aromatic N) is 1. The van der Waals surface area contributed by atoms with Crippen LogP contribution in [0.2, 0.25) is 5.02 Å². The molecule has 0 saturated carbocycles. The molecule has 0 spiro atoms. The van der Waals surface area contributed by atoms with Crippen molar-refractivity contribution < 1.29 is 28.8 Å². The number of rotatable bonds is 7. The van der Waals surface area contributed by atoms with E-state index >= 15 is 0 Å². The van der Waals surface area contributed by atoms with E-state index in [1.807, 2.05) is 0 Å². The van der Waals surface area contributed by atoms with Crippen LogP contribution in [0, 0.1) is 0 Å². The number of carbonyl (C=O) groups is 1. The van der Waals surface area contributed by atoms with Crippen LogP contribution in [0.4, 0.5) is 5.69 Å². The van der Waals surface area contributed by atoms with Crippen molar-refractivity contribution in [3.63, 3.8) is 0 Å². The largest absolute Gasteiger partial charge is 0.506 e. The van der Waals surface area contributed by atoms with Gasteiger partial charge in [-0.25, -0.2) is 9.79 Å². The molecule has 1 N–H and O–H groups in total.